The Balaban J connectivity index is 2.17. The van der Waals surface area contributed by atoms with Crippen molar-refractivity contribution in [2.75, 3.05) is 13.1 Å². The summed E-state index contributed by atoms with van der Waals surface area (Å²) in [5.74, 6) is -2.27. The molecular formula is C18H20N2O5. The average molecular weight is 344 g/mol. The fraction of sp³-hybridized carbons (Fsp3) is 0.389. The lowest BCUT2D eigenvalue weighted by Crippen LogP contribution is -2.39. The molecule has 1 aliphatic heterocycles. The van der Waals surface area contributed by atoms with Gasteiger partial charge in [-0.25, -0.2) is 4.79 Å². The van der Waals surface area contributed by atoms with Gasteiger partial charge in [-0.2, -0.15) is 0 Å². The van der Waals surface area contributed by atoms with Crippen molar-refractivity contribution in [2.45, 2.75) is 32.7 Å². The molecule has 7 nitrogen and oxygen atoms in total. The molecule has 1 aromatic carbocycles. The molecule has 0 aliphatic carbocycles. The van der Waals surface area contributed by atoms with E-state index in [1.54, 1.807) is 11.0 Å². The number of unbranched alkanes of at least 4 members (excludes halogenated alkanes) is 1. The summed E-state index contributed by atoms with van der Waals surface area (Å²) in [7, 11) is 0. The third-order valence-corrected chi connectivity index (χ3v) is 4.61. The summed E-state index contributed by atoms with van der Waals surface area (Å²) in [5, 5.41) is 19.1. The van der Waals surface area contributed by atoms with Crippen molar-refractivity contribution >= 4 is 28.7 Å². The lowest BCUT2D eigenvalue weighted by molar-refractivity contribution is -0.137. The van der Waals surface area contributed by atoms with Crippen LogP contribution in [0.2, 0.25) is 0 Å². The standard InChI is InChI=1S/C18H20N2O5/c1-2-3-7-19-8-6-12-13-9-11(18(24)25)4-5-14(13)20(10-15(21)22)16(12)17(19)23/h4-5,9H,2-3,6-8,10H2,1H3,(H,21,22)(H,24,25). The number of carboxylic acid groups (broad SMARTS) is 2. The molecule has 2 aromatic rings. The van der Waals surface area contributed by atoms with Gasteiger partial charge in [-0.05, 0) is 36.6 Å². The van der Waals surface area contributed by atoms with Crippen molar-refractivity contribution < 1.29 is 24.6 Å². The zero-order chi connectivity index (χ0) is 18.1. The molecule has 0 fully saturated rings. The van der Waals surface area contributed by atoms with Crippen molar-refractivity contribution in [1.29, 1.82) is 0 Å². The van der Waals surface area contributed by atoms with E-state index in [0.717, 1.165) is 18.4 Å². The van der Waals surface area contributed by atoms with E-state index >= 15 is 0 Å². The van der Waals surface area contributed by atoms with E-state index in [0.29, 0.717) is 36.1 Å². The maximum Gasteiger partial charge on any atom is 0.335 e. The van der Waals surface area contributed by atoms with Gasteiger partial charge in [0.25, 0.3) is 5.91 Å². The number of aliphatic carboxylic acids is 1. The molecule has 0 bridgehead atoms. The van der Waals surface area contributed by atoms with Gasteiger partial charge in [0.05, 0.1) is 5.56 Å². The summed E-state index contributed by atoms with van der Waals surface area (Å²) in [5.41, 5.74) is 1.84. The van der Waals surface area contributed by atoms with Gasteiger partial charge in [0.15, 0.2) is 0 Å². The van der Waals surface area contributed by atoms with Crippen LogP contribution in [0.3, 0.4) is 0 Å². The topological polar surface area (TPSA) is 99.8 Å². The number of hydrogen-bond acceptors (Lipinski definition) is 3. The maximum absolute atomic E-state index is 12.9. The quantitative estimate of drug-likeness (QED) is 0.837. The van der Waals surface area contributed by atoms with Crippen LogP contribution in [-0.2, 0) is 17.8 Å². The number of carbonyl (C=O) groups excluding carboxylic acids is 1. The second kappa shape index (κ2) is 6.58. The Hall–Kier alpha value is -2.83. The highest BCUT2D eigenvalue weighted by atomic mass is 16.4. The first-order valence-corrected chi connectivity index (χ1v) is 8.33. The minimum absolute atomic E-state index is 0.128. The van der Waals surface area contributed by atoms with Gasteiger partial charge < -0.3 is 19.7 Å². The fourth-order valence-electron chi connectivity index (χ4n) is 3.41. The third-order valence-electron chi connectivity index (χ3n) is 4.61. The van der Waals surface area contributed by atoms with Crippen LogP contribution in [0.1, 0.15) is 46.2 Å². The molecule has 0 radical (unpaired) electrons. The normalized spacial score (nSPS) is 14.0. The highest BCUT2D eigenvalue weighted by Gasteiger charge is 2.31. The zero-order valence-corrected chi connectivity index (χ0v) is 14.0. The molecule has 2 N–H and O–H groups in total. The van der Waals surface area contributed by atoms with Crippen LogP contribution >= 0.6 is 0 Å². The van der Waals surface area contributed by atoms with Crippen LogP contribution in [-0.4, -0.2) is 50.6 Å². The number of amides is 1. The van der Waals surface area contributed by atoms with Crippen LogP contribution in [0.25, 0.3) is 10.9 Å². The number of nitrogens with zero attached hydrogens (tertiary/aromatic N) is 2. The molecule has 1 aromatic heterocycles. The molecule has 132 valence electrons. The van der Waals surface area contributed by atoms with E-state index in [1.807, 2.05) is 0 Å². The number of rotatable bonds is 6. The second-order valence-corrected chi connectivity index (χ2v) is 6.24. The van der Waals surface area contributed by atoms with E-state index < -0.39 is 11.9 Å². The zero-order valence-electron chi connectivity index (χ0n) is 14.0. The van der Waals surface area contributed by atoms with Crippen molar-refractivity contribution in [3.8, 4) is 0 Å². The van der Waals surface area contributed by atoms with Crippen LogP contribution in [0.5, 0.6) is 0 Å². The van der Waals surface area contributed by atoms with Gasteiger partial charge >= 0.3 is 11.9 Å². The summed E-state index contributed by atoms with van der Waals surface area (Å²) in [6, 6.07) is 4.56. The van der Waals surface area contributed by atoms with Gasteiger partial charge in [-0.1, -0.05) is 13.3 Å². The summed E-state index contributed by atoms with van der Waals surface area (Å²) in [6.45, 7) is 2.93. The molecule has 0 spiro atoms. The molecule has 1 aliphatic rings. The first kappa shape index (κ1) is 17.0. The first-order chi connectivity index (χ1) is 11.9. The number of carbonyl (C=O) groups is 3. The third kappa shape index (κ3) is 2.97. The Labute approximate surface area is 144 Å². The van der Waals surface area contributed by atoms with Gasteiger partial charge in [0.1, 0.15) is 12.2 Å². The summed E-state index contributed by atoms with van der Waals surface area (Å²) in [4.78, 5) is 37.2. The summed E-state index contributed by atoms with van der Waals surface area (Å²) < 4.78 is 1.50. The smallest absolute Gasteiger partial charge is 0.335 e. The largest absolute Gasteiger partial charge is 0.480 e. The molecule has 0 saturated heterocycles. The van der Waals surface area contributed by atoms with Gasteiger partial charge in [0, 0.05) is 24.0 Å². The van der Waals surface area contributed by atoms with E-state index in [-0.39, 0.29) is 18.0 Å². The Morgan fingerprint density at radius 2 is 2.00 bits per heavy atom. The van der Waals surface area contributed by atoms with Gasteiger partial charge in [0.2, 0.25) is 0 Å². The van der Waals surface area contributed by atoms with Crippen LogP contribution in [0, 0.1) is 0 Å². The van der Waals surface area contributed by atoms with E-state index in [2.05, 4.69) is 6.92 Å². The van der Waals surface area contributed by atoms with Crippen molar-refractivity contribution in [3.63, 3.8) is 0 Å². The molecule has 3 rings (SSSR count). The predicted octanol–water partition coefficient (Wildman–Crippen LogP) is 2.22. The molecule has 0 atom stereocenters. The number of carboxylic acids is 2. The van der Waals surface area contributed by atoms with Crippen molar-refractivity contribution in [2.24, 2.45) is 0 Å². The minimum atomic E-state index is -1.05. The molecule has 2 heterocycles. The van der Waals surface area contributed by atoms with Crippen molar-refractivity contribution in [3.05, 3.63) is 35.0 Å². The summed E-state index contributed by atoms with van der Waals surface area (Å²) >= 11 is 0. The van der Waals surface area contributed by atoms with Crippen molar-refractivity contribution in [1.82, 2.24) is 9.47 Å². The van der Waals surface area contributed by atoms with Gasteiger partial charge in [-0.15, -0.1) is 0 Å². The van der Waals surface area contributed by atoms with Gasteiger partial charge in [-0.3, -0.25) is 9.59 Å². The number of aromatic carboxylic acids is 1. The first-order valence-electron chi connectivity index (χ1n) is 8.33. The lowest BCUT2D eigenvalue weighted by atomic mass is 10.0. The highest BCUT2D eigenvalue weighted by Crippen LogP contribution is 2.32. The fourth-order valence-corrected chi connectivity index (χ4v) is 3.41. The molecular weight excluding hydrogens is 324 g/mol. The summed E-state index contributed by atoms with van der Waals surface area (Å²) in [6.07, 6.45) is 2.46. The highest BCUT2D eigenvalue weighted by molar-refractivity contribution is 6.05. The van der Waals surface area contributed by atoms with E-state index in [9.17, 15) is 24.6 Å². The maximum atomic E-state index is 12.9. The SMILES string of the molecule is CCCCN1CCc2c(n(CC(=O)O)c3ccc(C(=O)O)cc23)C1=O. The number of aromatic nitrogens is 1. The molecule has 1 amide bonds. The number of fused-ring (bicyclic) bond motifs is 3. The Morgan fingerprint density at radius 1 is 1.24 bits per heavy atom. The second-order valence-electron chi connectivity index (χ2n) is 6.24. The molecule has 7 heteroatoms. The molecule has 0 unspecified atom stereocenters. The van der Waals surface area contributed by atoms with E-state index in [4.69, 9.17) is 0 Å². The monoisotopic (exact) mass is 344 g/mol. The van der Waals surface area contributed by atoms with Crippen LogP contribution < -0.4 is 0 Å². The predicted molar refractivity (Wildman–Crippen MR) is 91.0 cm³/mol. The Kier molecular flexibility index (Phi) is 4.48. The number of hydrogen-bond donors (Lipinski definition) is 2. The average Bonchev–Trinajstić information content (AvgIpc) is 2.88. The number of benzene rings is 1. The lowest BCUT2D eigenvalue weighted by Gasteiger charge is -2.28. The minimum Gasteiger partial charge on any atom is -0.480 e. The van der Waals surface area contributed by atoms with E-state index in [1.165, 1.54) is 16.7 Å². The molecule has 25 heavy (non-hydrogen) atoms. The Morgan fingerprint density at radius 3 is 2.64 bits per heavy atom. The van der Waals surface area contributed by atoms with Crippen LogP contribution in [0.4, 0.5) is 0 Å². The Bertz CT molecular complexity index is 868. The van der Waals surface area contributed by atoms with Crippen LogP contribution in [0.15, 0.2) is 18.2 Å². The molecule has 0 saturated carbocycles.